The van der Waals surface area contributed by atoms with Crippen LogP contribution < -0.4 is 10.2 Å². The summed E-state index contributed by atoms with van der Waals surface area (Å²) in [6.45, 7) is 1.54. The Balaban J connectivity index is 1.48. The Morgan fingerprint density at radius 3 is 3.22 bits per heavy atom. The molecule has 3 aromatic rings. The molecule has 23 heavy (non-hydrogen) atoms. The Kier molecular flexibility index (Phi) is 3.62. The van der Waals surface area contributed by atoms with Gasteiger partial charge < -0.3 is 10.2 Å². The predicted molar refractivity (Wildman–Crippen MR) is 86.5 cm³/mol. The van der Waals surface area contributed by atoms with Crippen molar-refractivity contribution in [3.8, 4) is 0 Å². The monoisotopic (exact) mass is 329 g/mol. The van der Waals surface area contributed by atoms with Gasteiger partial charge in [0.2, 0.25) is 5.91 Å². The number of amides is 1. The van der Waals surface area contributed by atoms with E-state index in [1.54, 1.807) is 17.0 Å². The minimum atomic E-state index is -0.0638. The molecule has 0 radical (unpaired) electrons. The molecular weight excluding hydrogens is 314 g/mol. The normalized spacial score (nSPS) is 18.3. The van der Waals surface area contributed by atoms with Gasteiger partial charge >= 0.3 is 0 Å². The Hall–Kier alpha value is -2.55. The number of nitrogens with one attached hydrogen (secondary N) is 1. The third-order valence-corrected chi connectivity index (χ3v) is 4.61. The second-order valence-electron chi connectivity index (χ2n) is 5.44. The standard InChI is InChI=1S/C14H15N7OS/c22-13(17-14-15-5-7-23-14)10-2-1-6-20(8-10)12-4-3-11-18-16-9-21(11)19-12/h3-5,7,9-10H,1-2,6,8H2,(H,15,17,22)/t10-/m0/s1. The maximum atomic E-state index is 12.4. The van der Waals surface area contributed by atoms with Crippen LogP contribution in [0.2, 0.25) is 0 Å². The molecule has 8 nitrogen and oxygen atoms in total. The second kappa shape index (κ2) is 5.92. The zero-order valence-corrected chi connectivity index (χ0v) is 13.1. The van der Waals surface area contributed by atoms with Gasteiger partial charge in [-0.2, -0.15) is 4.52 Å². The fourth-order valence-electron chi connectivity index (χ4n) is 2.78. The molecule has 0 aromatic carbocycles. The number of carbonyl (C=O) groups excluding carboxylic acids is 1. The fraction of sp³-hybridized carbons (Fsp3) is 0.357. The number of hydrogen-bond acceptors (Lipinski definition) is 7. The first-order valence-electron chi connectivity index (χ1n) is 7.42. The topological polar surface area (TPSA) is 88.3 Å². The molecule has 0 bridgehead atoms. The van der Waals surface area contributed by atoms with E-state index in [1.165, 1.54) is 11.3 Å². The van der Waals surface area contributed by atoms with Crippen LogP contribution in [0.3, 0.4) is 0 Å². The van der Waals surface area contributed by atoms with Gasteiger partial charge in [0, 0.05) is 24.7 Å². The summed E-state index contributed by atoms with van der Waals surface area (Å²) >= 11 is 1.43. The maximum absolute atomic E-state index is 12.4. The van der Waals surface area contributed by atoms with Crippen LogP contribution in [0, 0.1) is 5.92 Å². The minimum absolute atomic E-state index is 0.0232. The molecule has 1 atom stereocenters. The van der Waals surface area contributed by atoms with E-state index in [4.69, 9.17) is 0 Å². The number of rotatable bonds is 3. The van der Waals surface area contributed by atoms with Gasteiger partial charge in [-0.05, 0) is 25.0 Å². The average molecular weight is 329 g/mol. The molecule has 0 aliphatic carbocycles. The SMILES string of the molecule is O=C(Nc1nccs1)[C@H]1CCCN(c2ccc3nncn3n2)C1. The summed E-state index contributed by atoms with van der Waals surface area (Å²) in [5, 5.41) is 17.7. The van der Waals surface area contributed by atoms with Crippen LogP contribution in [-0.2, 0) is 4.79 Å². The van der Waals surface area contributed by atoms with Crippen molar-refractivity contribution in [2.45, 2.75) is 12.8 Å². The van der Waals surface area contributed by atoms with E-state index in [-0.39, 0.29) is 11.8 Å². The number of fused-ring (bicyclic) bond motifs is 1. The summed E-state index contributed by atoms with van der Waals surface area (Å²) in [6.07, 6.45) is 5.10. The second-order valence-corrected chi connectivity index (χ2v) is 6.33. The molecule has 0 saturated carbocycles. The summed E-state index contributed by atoms with van der Waals surface area (Å²) in [6, 6.07) is 3.81. The van der Waals surface area contributed by atoms with Crippen molar-refractivity contribution in [3.05, 3.63) is 30.0 Å². The van der Waals surface area contributed by atoms with Crippen LogP contribution in [0.4, 0.5) is 10.9 Å². The van der Waals surface area contributed by atoms with Crippen molar-refractivity contribution in [2.75, 3.05) is 23.3 Å². The first-order chi connectivity index (χ1) is 11.3. The Labute approximate surface area is 136 Å². The van der Waals surface area contributed by atoms with Gasteiger partial charge in [0.15, 0.2) is 10.8 Å². The Morgan fingerprint density at radius 2 is 2.35 bits per heavy atom. The van der Waals surface area contributed by atoms with E-state index in [2.05, 4.69) is 30.5 Å². The Bertz CT molecular complexity index is 816. The summed E-state index contributed by atoms with van der Waals surface area (Å²) in [7, 11) is 0. The van der Waals surface area contributed by atoms with Crippen molar-refractivity contribution < 1.29 is 4.79 Å². The molecule has 1 fully saturated rings. The number of piperidine rings is 1. The molecule has 3 aromatic heterocycles. The summed E-state index contributed by atoms with van der Waals surface area (Å²) in [5.74, 6) is 0.796. The largest absolute Gasteiger partial charge is 0.354 e. The molecule has 0 spiro atoms. The van der Waals surface area contributed by atoms with Crippen molar-refractivity contribution in [2.24, 2.45) is 5.92 Å². The lowest BCUT2D eigenvalue weighted by molar-refractivity contribution is -0.120. The van der Waals surface area contributed by atoms with E-state index in [1.807, 2.05) is 17.5 Å². The first kappa shape index (κ1) is 14.1. The fourth-order valence-corrected chi connectivity index (χ4v) is 3.31. The molecule has 118 valence electrons. The number of nitrogens with zero attached hydrogens (tertiary/aromatic N) is 6. The number of hydrogen-bond donors (Lipinski definition) is 1. The highest BCUT2D eigenvalue weighted by atomic mass is 32.1. The quantitative estimate of drug-likeness (QED) is 0.782. The molecule has 4 rings (SSSR count). The average Bonchev–Trinajstić information content (AvgIpc) is 3.25. The van der Waals surface area contributed by atoms with E-state index in [0.717, 1.165) is 25.2 Å². The molecule has 0 unspecified atom stereocenters. The lowest BCUT2D eigenvalue weighted by atomic mass is 9.97. The van der Waals surface area contributed by atoms with Gasteiger partial charge in [-0.15, -0.1) is 26.6 Å². The molecule has 9 heteroatoms. The molecule has 1 aliphatic heterocycles. The molecule has 1 aliphatic rings. The summed E-state index contributed by atoms with van der Waals surface area (Å²) in [4.78, 5) is 18.6. The van der Waals surface area contributed by atoms with Gasteiger partial charge in [0.25, 0.3) is 0 Å². The predicted octanol–water partition coefficient (Wildman–Crippen LogP) is 1.44. The third kappa shape index (κ3) is 2.87. The van der Waals surface area contributed by atoms with Crippen molar-refractivity contribution >= 4 is 33.8 Å². The minimum Gasteiger partial charge on any atom is -0.354 e. The maximum Gasteiger partial charge on any atom is 0.231 e. The summed E-state index contributed by atoms with van der Waals surface area (Å²) < 4.78 is 1.65. The molecular formula is C14H15N7OS. The summed E-state index contributed by atoms with van der Waals surface area (Å²) in [5.41, 5.74) is 0.712. The van der Waals surface area contributed by atoms with Crippen molar-refractivity contribution in [3.63, 3.8) is 0 Å². The molecule has 1 saturated heterocycles. The van der Waals surface area contributed by atoms with E-state index >= 15 is 0 Å². The van der Waals surface area contributed by atoms with E-state index in [9.17, 15) is 4.79 Å². The van der Waals surface area contributed by atoms with Gasteiger partial charge in [-0.25, -0.2) is 4.98 Å². The van der Waals surface area contributed by atoms with Crippen LogP contribution in [0.1, 0.15) is 12.8 Å². The molecule has 1 amide bonds. The molecule has 4 heterocycles. The van der Waals surface area contributed by atoms with Crippen LogP contribution in [-0.4, -0.2) is 43.8 Å². The highest BCUT2D eigenvalue weighted by Crippen LogP contribution is 2.23. The van der Waals surface area contributed by atoms with Gasteiger partial charge in [-0.1, -0.05) is 0 Å². The zero-order valence-electron chi connectivity index (χ0n) is 12.3. The zero-order chi connectivity index (χ0) is 15.6. The third-order valence-electron chi connectivity index (χ3n) is 3.93. The van der Waals surface area contributed by atoms with Crippen LogP contribution in [0.5, 0.6) is 0 Å². The van der Waals surface area contributed by atoms with Crippen molar-refractivity contribution in [1.82, 2.24) is 24.8 Å². The smallest absolute Gasteiger partial charge is 0.231 e. The number of thiazole rings is 1. The number of aromatic nitrogens is 5. The van der Waals surface area contributed by atoms with E-state index < -0.39 is 0 Å². The van der Waals surface area contributed by atoms with Crippen LogP contribution in [0.25, 0.3) is 5.65 Å². The highest BCUT2D eigenvalue weighted by molar-refractivity contribution is 7.13. The lowest BCUT2D eigenvalue weighted by Gasteiger charge is -2.32. The van der Waals surface area contributed by atoms with Gasteiger partial charge in [-0.3, -0.25) is 4.79 Å². The lowest BCUT2D eigenvalue weighted by Crippen LogP contribution is -2.41. The van der Waals surface area contributed by atoms with Crippen LogP contribution >= 0.6 is 11.3 Å². The first-order valence-corrected chi connectivity index (χ1v) is 8.30. The van der Waals surface area contributed by atoms with Gasteiger partial charge in [0.1, 0.15) is 12.1 Å². The van der Waals surface area contributed by atoms with E-state index in [0.29, 0.717) is 17.3 Å². The number of carbonyl (C=O) groups is 1. The van der Waals surface area contributed by atoms with Crippen molar-refractivity contribution in [1.29, 1.82) is 0 Å². The van der Waals surface area contributed by atoms with Gasteiger partial charge in [0.05, 0.1) is 5.92 Å². The Morgan fingerprint density at radius 1 is 1.39 bits per heavy atom. The number of anilines is 2. The molecule has 1 N–H and O–H groups in total. The highest BCUT2D eigenvalue weighted by Gasteiger charge is 2.27. The van der Waals surface area contributed by atoms with Crippen LogP contribution in [0.15, 0.2) is 30.0 Å².